The molecule has 1 saturated heterocycles. The van der Waals surface area contributed by atoms with Crippen LogP contribution in [0.1, 0.15) is 5.56 Å². The van der Waals surface area contributed by atoms with E-state index in [4.69, 9.17) is 23.8 Å². The van der Waals surface area contributed by atoms with E-state index < -0.39 is 17.6 Å². The van der Waals surface area contributed by atoms with E-state index in [0.29, 0.717) is 10.7 Å². The van der Waals surface area contributed by atoms with Crippen molar-refractivity contribution in [3.8, 4) is 0 Å². The van der Waals surface area contributed by atoms with E-state index in [-0.39, 0.29) is 16.2 Å². The molecule has 4 nitrogen and oxygen atoms in total. The van der Waals surface area contributed by atoms with Crippen LogP contribution in [0.5, 0.6) is 0 Å². The lowest BCUT2D eigenvalue weighted by atomic mass is 10.1. The smallest absolute Gasteiger partial charge is 0.270 e. The molecule has 1 heterocycles. The van der Waals surface area contributed by atoms with Crippen LogP contribution in [0.3, 0.4) is 0 Å². The van der Waals surface area contributed by atoms with Gasteiger partial charge in [-0.2, -0.15) is 0 Å². The predicted octanol–water partition coefficient (Wildman–Crippen LogP) is 3.31. The van der Waals surface area contributed by atoms with Gasteiger partial charge in [0.25, 0.3) is 11.8 Å². The van der Waals surface area contributed by atoms with E-state index in [1.54, 1.807) is 30.3 Å². The van der Waals surface area contributed by atoms with Crippen molar-refractivity contribution in [3.05, 3.63) is 70.5 Å². The molecule has 1 fully saturated rings. The maximum Gasteiger partial charge on any atom is 0.270 e. The Morgan fingerprint density at radius 1 is 1.08 bits per heavy atom. The summed E-state index contributed by atoms with van der Waals surface area (Å²) in [6.07, 6.45) is 1.21. The maximum atomic E-state index is 13.8. The molecule has 0 aromatic heterocycles. The van der Waals surface area contributed by atoms with Crippen LogP contribution in [-0.2, 0) is 9.59 Å². The molecule has 0 atom stereocenters. The number of carbonyl (C=O) groups excluding carboxylic acids is 2. The minimum atomic E-state index is -0.668. The Labute approximate surface area is 147 Å². The number of carbonyl (C=O) groups is 2. The summed E-state index contributed by atoms with van der Waals surface area (Å²) in [6, 6.07) is 12.3. The lowest BCUT2D eigenvalue weighted by Gasteiger charge is -2.28. The van der Waals surface area contributed by atoms with Gasteiger partial charge in [-0.15, -0.1) is 0 Å². The second-order valence-electron chi connectivity index (χ2n) is 4.96. The van der Waals surface area contributed by atoms with Gasteiger partial charge in [0, 0.05) is 10.6 Å². The minimum Gasteiger partial charge on any atom is -0.298 e. The van der Waals surface area contributed by atoms with Crippen LogP contribution in [0, 0.1) is 5.82 Å². The zero-order chi connectivity index (χ0) is 17.3. The summed E-state index contributed by atoms with van der Waals surface area (Å²) in [5.74, 6) is -1.83. The maximum absolute atomic E-state index is 13.8. The molecule has 1 aliphatic heterocycles. The molecular formula is C17H10ClFN2O2S. The van der Waals surface area contributed by atoms with Gasteiger partial charge in [-0.1, -0.05) is 29.8 Å². The molecule has 1 N–H and O–H groups in total. The summed E-state index contributed by atoms with van der Waals surface area (Å²) in [5, 5.41) is 2.89. The molecule has 0 radical (unpaired) electrons. The summed E-state index contributed by atoms with van der Waals surface area (Å²) in [7, 11) is 0. The minimum absolute atomic E-state index is 0.0435. The second-order valence-corrected chi connectivity index (χ2v) is 5.78. The number of rotatable bonds is 2. The predicted molar refractivity (Wildman–Crippen MR) is 94.1 cm³/mol. The fraction of sp³-hybridized carbons (Fsp3) is 0. The molecule has 0 bridgehead atoms. The van der Waals surface area contributed by atoms with Gasteiger partial charge in [0.1, 0.15) is 11.4 Å². The third kappa shape index (κ3) is 3.06. The van der Waals surface area contributed by atoms with E-state index in [1.165, 1.54) is 29.2 Å². The summed E-state index contributed by atoms with van der Waals surface area (Å²) >= 11 is 10.9. The first-order valence-corrected chi connectivity index (χ1v) is 7.67. The van der Waals surface area contributed by atoms with Crippen molar-refractivity contribution in [3.63, 3.8) is 0 Å². The standard InChI is InChI=1S/C17H10ClFN2O2S/c18-11-5-7-12(8-6-11)21-16(23)13(15(22)20-17(21)24)9-10-3-1-2-4-14(10)19/h1-9H,(H,20,22,24)/b13-9+. The number of anilines is 1. The highest BCUT2D eigenvalue weighted by Crippen LogP contribution is 2.24. The van der Waals surface area contributed by atoms with Crippen molar-refractivity contribution in [2.75, 3.05) is 4.90 Å². The zero-order valence-corrected chi connectivity index (χ0v) is 13.7. The molecular weight excluding hydrogens is 351 g/mol. The Balaban J connectivity index is 2.03. The first-order valence-electron chi connectivity index (χ1n) is 6.89. The molecule has 2 aromatic rings. The molecule has 2 amide bonds. The normalized spacial score (nSPS) is 16.5. The van der Waals surface area contributed by atoms with Gasteiger partial charge >= 0.3 is 0 Å². The van der Waals surface area contributed by atoms with E-state index in [9.17, 15) is 14.0 Å². The fourth-order valence-electron chi connectivity index (χ4n) is 2.23. The summed E-state index contributed by atoms with van der Waals surface area (Å²) in [4.78, 5) is 26.0. The SMILES string of the molecule is O=C1NC(=S)N(c2ccc(Cl)cc2)C(=O)/C1=C/c1ccccc1F. The van der Waals surface area contributed by atoms with Crippen LogP contribution in [-0.4, -0.2) is 16.9 Å². The average molecular weight is 361 g/mol. The lowest BCUT2D eigenvalue weighted by molar-refractivity contribution is -0.122. The molecule has 3 rings (SSSR count). The quantitative estimate of drug-likeness (QED) is 0.508. The van der Waals surface area contributed by atoms with Crippen molar-refractivity contribution in [2.24, 2.45) is 0 Å². The van der Waals surface area contributed by atoms with Crippen molar-refractivity contribution in [1.82, 2.24) is 5.32 Å². The molecule has 24 heavy (non-hydrogen) atoms. The number of thiocarbonyl (C=S) groups is 1. The fourth-order valence-corrected chi connectivity index (χ4v) is 2.64. The van der Waals surface area contributed by atoms with Crippen LogP contribution in [0.25, 0.3) is 6.08 Å². The third-order valence-corrected chi connectivity index (χ3v) is 3.93. The molecule has 0 spiro atoms. The Kier molecular flexibility index (Phi) is 4.42. The van der Waals surface area contributed by atoms with Gasteiger partial charge in [0.2, 0.25) is 0 Å². The summed E-state index contributed by atoms with van der Waals surface area (Å²) in [6.45, 7) is 0. The number of benzene rings is 2. The van der Waals surface area contributed by atoms with Crippen LogP contribution >= 0.6 is 23.8 Å². The van der Waals surface area contributed by atoms with Crippen LogP contribution in [0.15, 0.2) is 54.1 Å². The Bertz CT molecular complexity index is 880. The third-order valence-electron chi connectivity index (χ3n) is 3.39. The van der Waals surface area contributed by atoms with Crippen molar-refractivity contribution in [1.29, 1.82) is 0 Å². The number of hydrogen-bond donors (Lipinski definition) is 1. The van der Waals surface area contributed by atoms with Gasteiger partial charge in [0.05, 0.1) is 5.69 Å². The van der Waals surface area contributed by atoms with E-state index >= 15 is 0 Å². The number of halogens is 2. The summed E-state index contributed by atoms with van der Waals surface area (Å²) in [5.41, 5.74) is 0.386. The molecule has 0 saturated carbocycles. The molecule has 2 aromatic carbocycles. The number of nitrogens with zero attached hydrogens (tertiary/aromatic N) is 1. The first kappa shape index (κ1) is 16.3. The Morgan fingerprint density at radius 2 is 1.75 bits per heavy atom. The van der Waals surface area contributed by atoms with Crippen molar-refractivity contribution >= 4 is 52.5 Å². The van der Waals surface area contributed by atoms with Crippen LogP contribution < -0.4 is 10.2 Å². The average Bonchev–Trinajstić information content (AvgIpc) is 2.54. The molecule has 0 unspecified atom stereocenters. The molecule has 7 heteroatoms. The second kappa shape index (κ2) is 6.51. The van der Waals surface area contributed by atoms with E-state index in [2.05, 4.69) is 5.32 Å². The monoisotopic (exact) mass is 360 g/mol. The van der Waals surface area contributed by atoms with Gasteiger partial charge < -0.3 is 0 Å². The van der Waals surface area contributed by atoms with E-state index in [1.807, 2.05) is 0 Å². The lowest BCUT2D eigenvalue weighted by Crippen LogP contribution is -2.54. The van der Waals surface area contributed by atoms with Gasteiger partial charge in [-0.05, 0) is 48.6 Å². The van der Waals surface area contributed by atoms with Gasteiger partial charge in [0.15, 0.2) is 5.11 Å². The topological polar surface area (TPSA) is 49.4 Å². The van der Waals surface area contributed by atoms with E-state index in [0.717, 1.165) is 0 Å². The number of hydrogen-bond acceptors (Lipinski definition) is 3. The number of amides is 2. The molecule has 0 aliphatic carbocycles. The van der Waals surface area contributed by atoms with Crippen LogP contribution in [0.2, 0.25) is 5.02 Å². The Morgan fingerprint density at radius 3 is 2.42 bits per heavy atom. The van der Waals surface area contributed by atoms with Crippen LogP contribution in [0.4, 0.5) is 10.1 Å². The highest BCUT2D eigenvalue weighted by Gasteiger charge is 2.34. The zero-order valence-electron chi connectivity index (χ0n) is 12.1. The molecule has 120 valence electrons. The Hall–Kier alpha value is -2.57. The highest BCUT2D eigenvalue weighted by atomic mass is 35.5. The summed E-state index contributed by atoms with van der Waals surface area (Å²) < 4.78 is 13.8. The van der Waals surface area contributed by atoms with Gasteiger partial charge in [-0.3, -0.25) is 19.8 Å². The first-order chi connectivity index (χ1) is 11.5. The largest absolute Gasteiger partial charge is 0.298 e. The number of nitrogens with one attached hydrogen (secondary N) is 1. The molecule has 1 aliphatic rings. The van der Waals surface area contributed by atoms with Crippen molar-refractivity contribution < 1.29 is 14.0 Å². The van der Waals surface area contributed by atoms with Gasteiger partial charge in [-0.25, -0.2) is 4.39 Å². The van der Waals surface area contributed by atoms with Crippen molar-refractivity contribution in [2.45, 2.75) is 0 Å². The highest BCUT2D eigenvalue weighted by molar-refractivity contribution is 7.80.